The average Bonchev–Trinajstić information content (AvgIpc) is 2.84. The normalized spacial score (nSPS) is 35.1. The van der Waals surface area contributed by atoms with Gasteiger partial charge in [0.05, 0.1) is 11.8 Å². The SMILES string of the molecule is CCC1CC(C(=O)O)C(c2nc(C3CC3(C)C)no2)C1. The molecule has 5 nitrogen and oxygen atoms in total. The largest absolute Gasteiger partial charge is 0.481 e. The minimum atomic E-state index is -0.738. The highest BCUT2D eigenvalue weighted by Crippen LogP contribution is 2.58. The van der Waals surface area contributed by atoms with Crippen LogP contribution in [-0.4, -0.2) is 21.2 Å². The summed E-state index contributed by atoms with van der Waals surface area (Å²) in [5.74, 6) is 0.888. The van der Waals surface area contributed by atoms with Crippen molar-refractivity contribution >= 4 is 5.97 Å². The zero-order chi connectivity index (χ0) is 14.5. The lowest BCUT2D eigenvalue weighted by molar-refractivity contribution is -0.142. The van der Waals surface area contributed by atoms with Crippen LogP contribution in [0.5, 0.6) is 0 Å². The molecule has 4 atom stereocenters. The minimum Gasteiger partial charge on any atom is -0.481 e. The van der Waals surface area contributed by atoms with E-state index in [0.717, 1.165) is 31.5 Å². The number of aliphatic carboxylic acids is 1. The Hall–Kier alpha value is -1.39. The van der Waals surface area contributed by atoms with Crippen molar-refractivity contribution in [3.05, 3.63) is 11.7 Å². The Bertz CT molecular complexity index is 523. The second kappa shape index (κ2) is 4.57. The number of carboxylic acid groups (broad SMARTS) is 1. The van der Waals surface area contributed by atoms with Gasteiger partial charge < -0.3 is 9.63 Å². The Balaban J connectivity index is 1.79. The molecular weight excluding hydrogens is 256 g/mol. The Labute approximate surface area is 118 Å². The van der Waals surface area contributed by atoms with Crippen LogP contribution in [-0.2, 0) is 4.79 Å². The molecular formula is C15H22N2O3. The number of carbonyl (C=O) groups is 1. The van der Waals surface area contributed by atoms with E-state index < -0.39 is 5.97 Å². The Morgan fingerprint density at radius 2 is 2.15 bits per heavy atom. The first-order valence-corrected chi connectivity index (χ1v) is 7.48. The van der Waals surface area contributed by atoms with Crippen LogP contribution in [0.15, 0.2) is 4.52 Å². The van der Waals surface area contributed by atoms with Gasteiger partial charge in [-0.1, -0.05) is 32.3 Å². The van der Waals surface area contributed by atoms with Crippen LogP contribution >= 0.6 is 0 Å². The van der Waals surface area contributed by atoms with Crippen molar-refractivity contribution in [2.45, 2.75) is 58.3 Å². The summed E-state index contributed by atoms with van der Waals surface area (Å²) in [4.78, 5) is 15.9. The van der Waals surface area contributed by atoms with Crippen LogP contribution in [0.25, 0.3) is 0 Å². The highest BCUT2D eigenvalue weighted by Gasteiger charge is 2.50. The van der Waals surface area contributed by atoms with Crippen LogP contribution in [0.4, 0.5) is 0 Å². The minimum absolute atomic E-state index is 0.111. The molecule has 2 aliphatic rings. The Morgan fingerprint density at radius 1 is 1.45 bits per heavy atom. The molecule has 4 unspecified atom stereocenters. The fourth-order valence-corrected chi connectivity index (χ4v) is 3.47. The van der Waals surface area contributed by atoms with Gasteiger partial charge in [-0.15, -0.1) is 0 Å². The molecule has 0 aromatic carbocycles. The van der Waals surface area contributed by atoms with Gasteiger partial charge in [0, 0.05) is 5.92 Å². The molecule has 0 bridgehead atoms. The molecule has 2 aliphatic carbocycles. The molecule has 0 aliphatic heterocycles. The third-order valence-corrected chi connectivity index (χ3v) is 5.15. The zero-order valence-corrected chi connectivity index (χ0v) is 12.3. The van der Waals surface area contributed by atoms with Gasteiger partial charge in [0.1, 0.15) is 0 Å². The monoisotopic (exact) mass is 278 g/mol. The summed E-state index contributed by atoms with van der Waals surface area (Å²) in [6.07, 6.45) is 3.67. The van der Waals surface area contributed by atoms with Gasteiger partial charge in [0.2, 0.25) is 5.89 Å². The Morgan fingerprint density at radius 3 is 2.70 bits per heavy atom. The van der Waals surface area contributed by atoms with Crippen LogP contribution in [0, 0.1) is 17.3 Å². The summed E-state index contributed by atoms with van der Waals surface area (Å²) >= 11 is 0. The van der Waals surface area contributed by atoms with Gasteiger partial charge >= 0.3 is 5.97 Å². The van der Waals surface area contributed by atoms with Gasteiger partial charge in [-0.3, -0.25) is 4.79 Å². The maximum atomic E-state index is 11.4. The molecule has 5 heteroatoms. The molecule has 110 valence electrons. The van der Waals surface area contributed by atoms with Crippen molar-refractivity contribution in [3.8, 4) is 0 Å². The van der Waals surface area contributed by atoms with Crippen LogP contribution in [0.2, 0.25) is 0 Å². The number of carboxylic acids is 1. The van der Waals surface area contributed by atoms with E-state index in [1.165, 1.54) is 0 Å². The number of hydrogen-bond acceptors (Lipinski definition) is 4. The topological polar surface area (TPSA) is 76.2 Å². The molecule has 1 heterocycles. The predicted octanol–water partition coefficient (Wildman–Crippen LogP) is 3.19. The Kier molecular flexibility index (Phi) is 3.10. The zero-order valence-electron chi connectivity index (χ0n) is 12.3. The first kappa shape index (κ1) is 13.6. The van der Waals surface area contributed by atoms with Crippen LogP contribution in [0.1, 0.15) is 70.0 Å². The second-order valence-electron chi connectivity index (χ2n) is 7.03. The molecule has 2 fully saturated rings. The van der Waals surface area contributed by atoms with Gasteiger partial charge in [-0.2, -0.15) is 4.98 Å². The molecule has 1 aromatic heterocycles. The lowest BCUT2D eigenvalue weighted by atomic mass is 9.96. The van der Waals surface area contributed by atoms with E-state index in [1.54, 1.807) is 0 Å². The van der Waals surface area contributed by atoms with Crippen molar-refractivity contribution < 1.29 is 14.4 Å². The van der Waals surface area contributed by atoms with Crippen LogP contribution < -0.4 is 0 Å². The summed E-state index contributed by atoms with van der Waals surface area (Å²) in [5.41, 5.74) is 0.259. The number of rotatable bonds is 4. The van der Waals surface area contributed by atoms with E-state index in [9.17, 15) is 9.90 Å². The molecule has 20 heavy (non-hydrogen) atoms. The van der Waals surface area contributed by atoms with Crippen LogP contribution in [0.3, 0.4) is 0 Å². The predicted molar refractivity (Wildman–Crippen MR) is 72.3 cm³/mol. The summed E-state index contributed by atoms with van der Waals surface area (Å²) in [7, 11) is 0. The fraction of sp³-hybridized carbons (Fsp3) is 0.800. The third kappa shape index (κ3) is 2.23. The lowest BCUT2D eigenvalue weighted by Gasteiger charge is -2.10. The lowest BCUT2D eigenvalue weighted by Crippen LogP contribution is -2.17. The van der Waals surface area contributed by atoms with E-state index >= 15 is 0 Å². The van der Waals surface area contributed by atoms with E-state index in [-0.39, 0.29) is 17.3 Å². The first-order valence-electron chi connectivity index (χ1n) is 7.48. The van der Waals surface area contributed by atoms with E-state index in [1.807, 2.05) is 0 Å². The highest BCUT2D eigenvalue weighted by atomic mass is 16.5. The molecule has 1 N–H and O–H groups in total. The second-order valence-corrected chi connectivity index (χ2v) is 7.03. The standard InChI is InChI=1S/C15H22N2O3/c1-4-8-5-9(10(6-8)14(18)19)13-16-12(17-20-13)11-7-15(11,2)3/h8-11H,4-7H2,1-3H3,(H,18,19). The maximum absolute atomic E-state index is 11.4. The van der Waals surface area contributed by atoms with Gasteiger partial charge in [0.25, 0.3) is 0 Å². The average molecular weight is 278 g/mol. The molecule has 1 aromatic rings. The number of nitrogens with zero attached hydrogens (tertiary/aromatic N) is 2. The summed E-state index contributed by atoms with van der Waals surface area (Å²) in [6, 6.07) is 0. The third-order valence-electron chi connectivity index (χ3n) is 5.15. The summed E-state index contributed by atoms with van der Waals surface area (Å²) < 4.78 is 5.39. The first-order chi connectivity index (χ1) is 9.42. The van der Waals surface area contributed by atoms with Crippen molar-refractivity contribution in [2.75, 3.05) is 0 Å². The van der Waals surface area contributed by atoms with Crippen molar-refractivity contribution in [1.29, 1.82) is 0 Å². The highest BCUT2D eigenvalue weighted by molar-refractivity contribution is 5.71. The quantitative estimate of drug-likeness (QED) is 0.915. The van der Waals surface area contributed by atoms with E-state index in [2.05, 4.69) is 30.9 Å². The van der Waals surface area contributed by atoms with Crippen molar-refractivity contribution in [3.63, 3.8) is 0 Å². The van der Waals surface area contributed by atoms with Gasteiger partial charge in [0.15, 0.2) is 5.82 Å². The number of aromatic nitrogens is 2. The molecule has 0 spiro atoms. The number of hydrogen-bond donors (Lipinski definition) is 1. The van der Waals surface area contributed by atoms with Crippen molar-refractivity contribution in [1.82, 2.24) is 10.1 Å². The molecule has 2 saturated carbocycles. The van der Waals surface area contributed by atoms with E-state index in [0.29, 0.717) is 17.7 Å². The summed E-state index contributed by atoms with van der Waals surface area (Å²) in [5, 5.41) is 13.5. The molecule has 3 rings (SSSR count). The fourth-order valence-electron chi connectivity index (χ4n) is 3.47. The molecule has 0 saturated heterocycles. The van der Waals surface area contributed by atoms with Gasteiger partial charge in [-0.05, 0) is 30.6 Å². The van der Waals surface area contributed by atoms with Gasteiger partial charge in [-0.25, -0.2) is 0 Å². The van der Waals surface area contributed by atoms with Crippen molar-refractivity contribution in [2.24, 2.45) is 17.3 Å². The summed E-state index contributed by atoms with van der Waals surface area (Å²) in [6.45, 7) is 6.49. The molecule has 0 radical (unpaired) electrons. The maximum Gasteiger partial charge on any atom is 0.307 e. The smallest absolute Gasteiger partial charge is 0.307 e. The van der Waals surface area contributed by atoms with E-state index in [4.69, 9.17) is 4.52 Å². The molecule has 0 amide bonds.